The molecule has 0 saturated heterocycles. The van der Waals surface area contributed by atoms with E-state index < -0.39 is 0 Å². The second-order valence-electron chi connectivity index (χ2n) is 9.42. The van der Waals surface area contributed by atoms with Crippen molar-refractivity contribution in [2.45, 2.75) is 78.7 Å². The smallest absolute Gasteiger partial charge is 0.222 e. The Kier molecular flexibility index (Phi) is 2.52. The molecule has 1 N–H and O–H groups in total. The zero-order chi connectivity index (χ0) is 14.1. The van der Waals surface area contributed by atoms with Crippen molar-refractivity contribution in [2.75, 3.05) is 0 Å². The van der Waals surface area contributed by atoms with Crippen molar-refractivity contribution >= 4 is 5.91 Å². The molecule has 1 amide bonds. The van der Waals surface area contributed by atoms with Crippen LogP contribution in [0.4, 0.5) is 0 Å². The summed E-state index contributed by atoms with van der Waals surface area (Å²) in [5.41, 5.74) is 1.43. The monoisotopic (exact) mass is 263 g/mol. The van der Waals surface area contributed by atoms with Gasteiger partial charge in [-0.1, -0.05) is 34.6 Å². The van der Waals surface area contributed by atoms with Crippen LogP contribution in [0.25, 0.3) is 0 Å². The maximum absolute atomic E-state index is 12.2. The van der Waals surface area contributed by atoms with E-state index in [2.05, 4.69) is 26.1 Å². The zero-order valence-corrected chi connectivity index (χ0v) is 13.2. The lowest BCUT2D eigenvalue weighted by Gasteiger charge is -2.69. The summed E-state index contributed by atoms with van der Waals surface area (Å²) in [6, 6.07) is 0. The second kappa shape index (κ2) is 3.56. The molecule has 4 saturated carbocycles. The lowest BCUT2D eigenvalue weighted by molar-refractivity contribution is -0.164. The fourth-order valence-electron chi connectivity index (χ4n) is 6.83. The second-order valence-corrected chi connectivity index (χ2v) is 9.42. The van der Waals surface area contributed by atoms with Crippen molar-refractivity contribution in [3.05, 3.63) is 0 Å². The van der Waals surface area contributed by atoms with Crippen molar-refractivity contribution in [1.82, 2.24) is 5.32 Å². The van der Waals surface area contributed by atoms with Crippen molar-refractivity contribution in [3.8, 4) is 0 Å². The van der Waals surface area contributed by atoms with Crippen LogP contribution < -0.4 is 5.32 Å². The molecule has 4 bridgehead atoms. The summed E-state index contributed by atoms with van der Waals surface area (Å²) in [7, 11) is 0. The van der Waals surface area contributed by atoms with Crippen molar-refractivity contribution in [3.63, 3.8) is 0 Å². The first-order valence-corrected chi connectivity index (χ1v) is 7.89. The molecule has 4 aliphatic rings. The van der Waals surface area contributed by atoms with E-state index in [1.165, 1.54) is 38.5 Å². The van der Waals surface area contributed by atoms with Gasteiger partial charge in [0.2, 0.25) is 5.91 Å². The summed E-state index contributed by atoms with van der Waals surface area (Å²) >= 11 is 0. The Morgan fingerprint density at radius 1 is 0.842 bits per heavy atom. The number of nitrogens with one attached hydrogen (secondary N) is 1. The Labute approximate surface area is 117 Å². The number of hydrogen-bond donors (Lipinski definition) is 1. The van der Waals surface area contributed by atoms with E-state index in [1.807, 2.05) is 13.8 Å². The molecule has 4 rings (SSSR count). The van der Waals surface area contributed by atoms with Crippen LogP contribution in [0.15, 0.2) is 0 Å². The van der Waals surface area contributed by atoms with Gasteiger partial charge in [0, 0.05) is 11.5 Å². The molecule has 0 atom stereocenters. The SMILES string of the molecule is CC(C)C(=O)NC12CC3(C)CC(C)(CC(C)(C3)C1)C2. The van der Waals surface area contributed by atoms with E-state index >= 15 is 0 Å². The van der Waals surface area contributed by atoms with Crippen LogP contribution >= 0.6 is 0 Å². The Morgan fingerprint density at radius 3 is 1.53 bits per heavy atom. The van der Waals surface area contributed by atoms with Crippen LogP contribution in [0.2, 0.25) is 0 Å². The first kappa shape index (κ1) is 13.5. The van der Waals surface area contributed by atoms with Crippen LogP contribution in [0, 0.1) is 22.2 Å². The van der Waals surface area contributed by atoms with Crippen molar-refractivity contribution in [1.29, 1.82) is 0 Å². The third-order valence-electron chi connectivity index (χ3n) is 5.77. The van der Waals surface area contributed by atoms with Gasteiger partial charge in [0.15, 0.2) is 0 Å². The average molecular weight is 263 g/mol. The predicted molar refractivity (Wildman–Crippen MR) is 77.7 cm³/mol. The summed E-state index contributed by atoms with van der Waals surface area (Å²) < 4.78 is 0. The lowest BCUT2D eigenvalue weighted by Crippen LogP contribution is -2.68. The van der Waals surface area contributed by atoms with Gasteiger partial charge in [-0.15, -0.1) is 0 Å². The van der Waals surface area contributed by atoms with Crippen molar-refractivity contribution in [2.24, 2.45) is 22.2 Å². The number of rotatable bonds is 2. The van der Waals surface area contributed by atoms with Gasteiger partial charge in [-0.2, -0.15) is 0 Å². The molecule has 4 fully saturated rings. The third-order valence-corrected chi connectivity index (χ3v) is 5.77. The fourth-order valence-corrected chi connectivity index (χ4v) is 6.83. The largest absolute Gasteiger partial charge is 0.350 e. The highest BCUT2D eigenvalue weighted by atomic mass is 16.2. The Hall–Kier alpha value is -0.530. The maximum atomic E-state index is 12.2. The maximum Gasteiger partial charge on any atom is 0.222 e. The predicted octanol–water partition coefficient (Wildman–Crippen LogP) is 3.90. The first-order chi connectivity index (χ1) is 8.57. The summed E-state index contributed by atoms with van der Waals surface area (Å²) in [4.78, 5) is 12.2. The zero-order valence-electron chi connectivity index (χ0n) is 13.2. The third kappa shape index (κ3) is 2.11. The molecule has 0 heterocycles. The van der Waals surface area contributed by atoms with Gasteiger partial charge in [-0.05, 0) is 54.8 Å². The number of carbonyl (C=O) groups is 1. The highest BCUT2D eigenvalue weighted by Crippen LogP contribution is 2.70. The molecule has 0 aromatic rings. The van der Waals surface area contributed by atoms with E-state index in [1.54, 1.807) is 0 Å². The normalized spacial score (nSPS) is 51.7. The minimum atomic E-state index is 0.0916. The molecule has 0 unspecified atom stereocenters. The minimum Gasteiger partial charge on any atom is -0.350 e. The molecular weight excluding hydrogens is 234 g/mol. The van der Waals surface area contributed by atoms with Crippen LogP contribution in [0.5, 0.6) is 0 Å². The van der Waals surface area contributed by atoms with E-state index in [0.29, 0.717) is 16.2 Å². The van der Waals surface area contributed by atoms with Gasteiger partial charge < -0.3 is 5.32 Å². The number of amides is 1. The molecule has 108 valence electrons. The summed E-state index contributed by atoms with van der Waals surface area (Å²) in [5, 5.41) is 3.46. The summed E-state index contributed by atoms with van der Waals surface area (Å²) in [6.45, 7) is 11.4. The van der Waals surface area contributed by atoms with E-state index in [-0.39, 0.29) is 17.4 Å². The molecule has 0 aromatic heterocycles. The van der Waals surface area contributed by atoms with E-state index in [0.717, 1.165) is 0 Å². The van der Waals surface area contributed by atoms with Gasteiger partial charge in [-0.3, -0.25) is 4.79 Å². The van der Waals surface area contributed by atoms with E-state index in [9.17, 15) is 4.79 Å². The van der Waals surface area contributed by atoms with Gasteiger partial charge in [0.1, 0.15) is 0 Å². The average Bonchev–Trinajstić information content (AvgIpc) is 2.07. The molecule has 0 spiro atoms. The van der Waals surface area contributed by atoms with Gasteiger partial charge in [-0.25, -0.2) is 0 Å². The molecule has 0 radical (unpaired) electrons. The molecule has 19 heavy (non-hydrogen) atoms. The lowest BCUT2D eigenvalue weighted by atomic mass is 9.38. The van der Waals surface area contributed by atoms with Crippen LogP contribution in [-0.2, 0) is 4.79 Å². The fraction of sp³-hybridized carbons (Fsp3) is 0.941. The van der Waals surface area contributed by atoms with Crippen molar-refractivity contribution < 1.29 is 4.79 Å². The molecule has 2 nitrogen and oxygen atoms in total. The highest BCUT2D eigenvalue weighted by molar-refractivity contribution is 5.78. The van der Waals surface area contributed by atoms with Gasteiger partial charge in [0.05, 0.1) is 0 Å². The van der Waals surface area contributed by atoms with Crippen LogP contribution in [0.1, 0.15) is 73.1 Å². The minimum absolute atomic E-state index is 0.0916. The topological polar surface area (TPSA) is 29.1 Å². The standard InChI is InChI=1S/C17H29NO/c1-12(2)13(19)18-17-9-14(3)6-15(4,10-17)8-16(5,7-14)11-17/h12H,6-11H2,1-5H3,(H,18,19). The number of hydrogen-bond acceptors (Lipinski definition) is 1. The quantitative estimate of drug-likeness (QED) is 0.804. The molecule has 2 heteroatoms. The molecule has 0 aliphatic heterocycles. The molecule has 0 aromatic carbocycles. The first-order valence-electron chi connectivity index (χ1n) is 7.89. The number of carbonyl (C=O) groups excluding carboxylic acids is 1. The van der Waals surface area contributed by atoms with Crippen LogP contribution in [0.3, 0.4) is 0 Å². The van der Waals surface area contributed by atoms with Gasteiger partial charge >= 0.3 is 0 Å². The molecule has 4 aliphatic carbocycles. The van der Waals surface area contributed by atoms with Crippen LogP contribution in [-0.4, -0.2) is 11.4 Å². The summed E-state index contributed by atoms with van der Waals surface area (Å²) in [5.74, 6) is 0.346. The summed E-state index contributed by atoms with van der Waals surface area (Å²) in [6.07, 6.45) is 7.66. The van der Waals surface area contributed by atoms with E-state index in [4.69, 9.17) is 0 Å². The Bertz CT molecular complexity index is 371. The highest BCUT2D eigenvalue weighted by Gasteiger charge is 2.64. The molecular formula is C17H29NO. The van der Waals surface area contributed by atoms with Gasteiger partial charge in [0.25, 0.3) is 0 Å². The Balaban J connectivity index is 1.93. The Morgan fingerprint density at radius 2 is 1.21 bits per heavy atom.